The summed E-state index contributed by atoms with van der Waals surface area (Å²) in [6.45, 7) is 0.713. The highest BCUT2D eigenvalue weighted by molar-refractivity contribution is 7.05. The van der Waals surface area contributed by atoms with E-state index in [1.54, 1.807) is 6.20 Å². The molecule has 0 aromatic carbocycles. The van der Waals surface area contributed by atoms with Crippen LogP contribution in [-0.2, 0) is 11.3 Å². The molecule has 18 heavy (non-hydrogen) atoms. The molecule has 2 saturated carbocycles. The molecule has 1 amide bonds. The number of carbonyl (C=O) groups excluding carboxylic acids is 1. The molecule has 2 aliphatic carbocycles. The number of fused-ring (bicyclic) bond motifs is 2. The summed E-state index contributed by atoms with van der Waals surface area (Å²) < 4.78 is 4.07. The topological polar surface area (TPSA) is 33.2 Å². The van der Waals surface area contributed by atoms with Gasteiger partial charge in [-0.1, -0.05) is 6.42 Å². The fraction of sp³-hybridized carbons (Fsp3) is 0.714. The van der Waals surface area contributed by atoms with Crippen molar-refractivity contribution in [2.45, 2.75) is 38.6 Å². The predicted octanol–water partition coefficient (Wildman–Crippen LogP) is 2.93. The van der Waals surface area contributed by atoms with Gasteiger partial charge in [0.25, 0.3) is 0 Å². The average Bonchev–Trinajstić information content (AvgIpc) is 3.04. The van der Waals surface area contributed by atoms with Crippen LogP contribution >= 0.6 is 11.5 Å². The lowest BCUT2D eigenvalue weighted by molar-refractivity contribution is -0.131. The summed E-state index contributed by atoms with van der Waals surface area (Å²) in [7, 11) is 1.91. The molecule has 0 spiro atoms. The molecular formula is C14H20N2OS. The molecule has 3 rings (SSSR count). The molecule has 3 atom stereocenters. The number of hydrogen-bond acceptors (Lipinski definition) is 3. The zero-order valence-electron chi connectivity index (χ0n) is 10.8. The van der Waals surface area contributed by atoms with Crippen molar-refractivity contribution in [3.05, 3.63) is 17.1 Å². The minimum absolute atomic E-state index is 0.306. The van der Waals surface area contributed by atoms with Crippen LogP contribution in [0.4, 0.5) is 0 Å². The quantitative estimate of drug-likeness (QED) is 0.837. The van der Waals surface area contributed by atoms with E-state index in [-0.39, 0.29) is 0 Å². The molecule has 0 N–H and O–H groups in total. The first kappa shape index (κ1) is 12.2. The Hall–Kier alpha value is -0.900. The van der Waals surface area contributed by atoms with E-state index in [1.165, 1.54) is 42.1 Å². The van der Waals surface area contributed by atoms with Crippen LogP contribution in [0.1, 0.15) is 37.0 Å². The third kappa shape index (κ3) is 2.44. The minimum Gasteiger partial charge on any atom is -0.341 e. The second kappa shape index (κ2) is 5.00. The lowest BCUT2D eigenvalue weighted by Gasteiger charge is -2.24. The molecule has 0 saturated heterocycles. The Kier molecular flexibility index (Phi) is 3.37. The molecule has 0 radical (unpaired) electrons. The normalized spacial score (nSPS) is 29.7. The first-order valence-corrected chi connectivity index (χ1v) is 7.63. The van der Waals surface area contributed by atoms with Gasteiger partial charge < -0.3 is 4.90 Å². The fourth-order valence-electron chi connectivity index (χ4n) is 3.65. The van der Waals surface area contributed by atoms with Gasteiger partial charge in [-0.15, -0.1) is 0 Å². The molecule has 4 heteroatoms. The average molecular weight is 264 g/mol. The predicted molar refractivity (Wildman–Crippen MR) is 72.1 cm³/mol. The molecule has 1 heterocycles. The summed E-state index contributed by atoms with van der Waals surface area (Å²) in [5, 5.41) is 0. The van der Waals surface area contributed by atoms with Crippen molar-refractivity contribution in [2.75, 3.05) is 7.05 Å². The molecule has 98 valence electrons. The van der Waals surface area contributed by atoms with E-state index in [4.69, 9.17) is 0 Å². The molecule has 1 aromatic rings. The smallest absolute Gasteiger partial charge is 0.222 e. The lowest BCUT2D eigenvalue weighted by Crippen LogP contribution is -2.29. The van der Waals surface area contributed by atoms with E-state index in [2.05, 4.69) is 4.37 Å². The van der Waals surface area contributed by atoms with Crippen LogP contribution < -0.4 is 0 Å². The number of rotatable bonds is 4. The highest BCUT2D eigenvalue weighted by atomic mass is 32.1. The first-order chi connectivity index (χ1) is 8.72. The van der Waals surface area contributed by atoms with Gasteiger partial charge in [-0.3, -0.25) is 4.79 Å². The maximum Gasteiger partial charge on any atom is 0.222 e. The zero-order valence-corrected chi connectivity index (χ0v) is 11.7. The first-order valence-electron chi connectivity index (χ1n) is 6.86. The van der Waals surface area contributed by atoms with Gasteiger partial charge in [-0.25, -0.2) is 4.37 Å². The number of nitrogens with zero attached hydrogens (tertiary/aromatic N) is 2. The summed E-state index contributed by atoms with van der Waals surface area (Å²) in [6, 6.07) is 1.99. The fourth-order valence-corrected chi connectivity index (χ4v) is 4.28. The van der Waals surface area contributed by atoms with Crippen molar-refractivity contribution in [3.63, 3.8) is 0 Å². The van der Waals surface area contributed by atoms with Gasteiger partial charge in [0.15, 0.2) is 0 Å². The monoisotopic (exact) mass is 264 g/mol. The van der Waals surface area contributed by atoms with Crippen LogP contribution in [0.3, 0.4) is 0 Å². The Morgan fingerprint density at radius 2 is 2.39 bits per heavy atom. The molecule has 3 nitrogen and oxygen atoms in total. The Labute approximate surface area is 112 Å². The van der Waals surface area contributed by atoms with Crippen molar-refractivity contribution >= 4 is 17.4 Å². The van der Waals surface area contributed by atoms with E-state index < -0.39 is 0 Å². The van der Waals surface area contributed by atoms with Crippen molar-refractivity contribution < 1.29 is 4.79 Å². The standard InChI is InChI=1S/C14H20N2OS/c1-16(9-13-4-5-15-18-13)14(17)8-12-7-10-2-3-11(12)6-10/h4-5,10-12H,2-3,6-9H2,1H3. The van der Waals surface area contributed by atoms with Crippen molar-refractivity contribution in [1.29, 1.82) is 0 Å². The summed E-state index contributed by atoms with van der Waals surface area (Å²) in [5.74, 6) is 2.75. The molecule has 0 aliphatic heterocycles. The SMILES string of the molecule is CN(Cc1ccns1)C(=O)CC1CC2CCC1C2. The van der Waals surface area contributed by atoms with Crippen molar-refractivity contribution in [2.24, 2.45) is 17.8 Å². The summed E-state index contributed by atoms with van der Waals surface area (Å²) in [4.78, 5) is 15.2. The van der Waals surface area contributed by atoms with Gasteiger partial charge in [-0.05, 0) is 54.6 Å². The van der Waals surface area contributed by atoms with Crippen LogP contribution in [0, 0.1) is 17.8 Å². The Balaban J connectivity index is 1.52. The van der Waals surface area contributed by atoms with Crippen LogP contribution in [0.25, 0.3) is 0 Å². The maximum atomic E-state index is 12.2. The third-order valence-electron chi connectivity index (χ3n) is 4.63. The molecule has 3 unspecified atom stereocenters. The van der Waals surface area contributed by atoms with Crippen molar-refractivity contribution in [3.8, 4) is 0 Å². The molecular weight excluding hydrogens is 244 g/mol. The highest BCUT2D eigenvalue weighted by Gasteiger charge is 2.40. The highest BCUT2D eigenvalue weighted by Crippen LogP contribution is 2.49. The largest absolute Gasteiger partial charge is 0.341 e. The number of amides is 1. The Morgan fingerprint density at radius 1 is 1.50 bits per heavy atom. The number of aromatic nitrogens is 1. The van der Waals surface area contributed by atoms with E-state index in [9.17, 15) is 4.79 Å². The molecule has 1 aromatic heterocycles. The van der Waals surface area contributed by atoms with Crippen LogP contribution in [-0.4, -0.2) is 22.2 Å². The summed E-state index contributed by atoms with van der Waals surface area (Å²) in [6.07, 6.45) is 8.01. The van der Waals surface area contributed by atoms with Crippen molar-refractivity contribution in [1.82, 2.24) is 9.27 Å². The van der Waals surface area contributed by atoms with Gasteiger partial charge in [-0.2, -0.15) is 0 Å². The summed E-state index contributed by atoms with van der Waals surface area (Å²) in [5.41, 5.74) is 0. The Morgan fingerprint density at radius 3 is 3.00 bits per heavy atom. The Bertz CT molecular complexity index is 417. The van der Waals surface area contributed by atoms with E-state index in [0.29, 0.717) is 18.4 Å². The van der Waals surface area contributed by atoms with Gasteiger partial charge in [0.2, 0.25) is 5.91 Å². The maximum absolute atomic E-state index is 12.2. The van der Waals surface area contributed by atoms with Gasteiger partial charge in [0.05, 0.1) is 6.54 Å². The second-order valence-corrected chi connectivity index (χ2v) is 6.79. The molecule has 2 aliphatic rings. The van der Waals surface area contributed by atoms with Gasteiger partial charge in [0.1, 0.15) is 0 Å². The van der Waals surface area contributed by atoms with E-state index in [1.807, 2.05) is 18.0 Å². The molecule has 2 fully saturated rings. The van der Waals surface area contributed by atoms with Crippen LogP contribution in [0.5, 0.6) is 0 Å². The minimum atomic E-state index is 0.306. The lowest BCUT2D eigenvalue weighted by atomic mass is 9.86. The number of carbonyl (C=O) groups is 1. The van der Waals surface area contributed by atoms with Gasteiger partial charge >= 0.3 is 0 Å². The van der Waals surface area contributed by atoms with Gasteiger partial charge in [0, 0.05) is 24.5 Å². The molecule has 2 bridgehead atoms. The van der Waals surface area contributed by atoms with Crippen LogP contribution in [0.2, 0.25) is 0 Å². The second-order valence-electron chi connectivity index (χ2n) is 5.87. The third-order valence-corrected chi connectivity index (χ3v) is 5.36. The van der Waals surface area contributed by atoms with E-state index >= 15 is 0 Å². The van der Waals surface area contributed by atoms with E-state index in [0.717, 1.165) is 18.3 Å². The summed E-state index contributed by atoms with van der Waals surface area (Å²) >= 11 is 1.48. The van der Waals surface area contributed by atoms with Crippen LogP contribution in [0.15, 0.2) is 12.3 Å². The number of hydrogen-bond donors (Lipinski definition) is 0. The zero-order chi connectivity index (χ0) is 12.5.